The van der Waals surface area contributed by atoms with Crippen LogP contribution in [0.15, 0.2) is 29.2 Å². The van der Waals surface area contributed by atoms with Crippen molar-refractivity contribution < 1.29 is 26.7 Å². The summed E-state index contributed by atoms with van der Waals surface area (Å²) in [6.07, 6.45) is -4.89. The Kier molecular flexibility index (Phi) is 4.32. The molecule has 0 amide bonds. The zero-order chi connectivity index (χ0) is 15.8. The summed E-state index contributed by atoms with van der Waals surface area (Å²) in [5.74, 6) is -0.251. The largest absolute Gasteiger partial charge is 0.416 e. The molecule has 118 valence electrons. The number of rotatable bonds is 2. The smallest absolute Gasteiger partial charge is 0.393 e. The Balaban J connectivity index is 2.32. The first-order valence-electron chi connectivity index (χ1n) is 6.48. The van der Waals surface area contributed by atoms with Gasteiger partial charge in [-0.25, -0.2) is 8.42 Å². The van der Waals surface area contributed by atoms with E-state index < -0.39 is 27.9 Å². The standard InChI is InChI=1S/C13H16F3NO3S/c1-9-8-17(6-5-12(9)18)21(19,20)11-4-2-3-10(7-11)13(14,15)16/h2-4,7,9,12,18H,5-6,8H2,1H3. The lowest BCUT2D eigenvalue weighted by Crippen LogP contribution is -2.44. The fraction of sp³-hybridized carbons (Fsp3) is 0.538. The molecule has 0 saturated carbocycles. The van der Waals surface area contributed by atoms with Gasteiger partial charge in [0.25, 0.3) is 0 Å². The van der Waals surface area contributed by atoms with E-state index in [1.807, 2.05) is 0 Å². The van der Waals surface area contributed by atoms with E-state index in [-0.39, 0.29) is 30.3 Å². The molecule has 2 rings (SSSR count). The van der Waals surface area contributed by atoms with Crippen molar-refractivity contribution in [1.82, 2.24) is 4.31 Å². The average molecular weight is 323 g/mol. The molecule has 0 aliphatic carbocycles. The van der Waals surface area contributed by atoms with Crippen LogP contribution >= 0.6 is 0 Å². The average Bonchev–Trinajstić information content (AvgIpc) is 2.41. The highest BCUT2D eigenvalue weighted by Crippen LogP contribution is 2.32. The van der Waals surface area contributed by atoms with E-state index in [0.717, 1.165) is 22.5 Å². The number of aliphatic hydroxyl groups excluding tert-OH is 1. The van der Waals surface area contributed by atoms with Crippen molar-refractivity contribution in [3.05, 3.63) is 29.8 Å². The van der Waals surface area contributed by atoms with Crippen LogP contribution in [0.3, 0.4) is 0 Å². The molecule has 8 heteroatoms. The van der Waals surface area contributed by atoms with E-state index in [2.05, 4.69) is 0 Å². The molecular formula is C13H16F3NO3S. The normalized spacial score (nSPS) is 25.0. The maximum Gasteiger partial charge on any atom is 0.416 e. The molecule has 0 aromatic heterocycles. The molecule has 1 aromatic carbocycles. The number of alkyl halides is 3. The van der Waals surface area contributed by atoms with Gasteiger partial charge in [-0.1, -0.05) is 13.0 Å². The van der Waals surface area contributed by atoms with Gasteiger partial charge in [-0.3, -0.25) is 0 Å². The fourth-order valence-electron chi connectivity index (χ4n) is 2.30. The number of hydrogen-bond donors (Lipinski definition) is 1. The highest BCUT2D eigenvalue weighted by Gasteiger charge is 2.35. The van der Waals surface area contributed by atoms with E-state index in [0.29, 0.717) is 6.07 Å². The molecule has 2 unspecified atom stereocenters. The van der Waals surface area contributed by atoms with Crippen molar-refractivity contribution in [3.63, 3.8) is 0 Å². The van der Waals surface area contributed by atoms with E-state index >= 15 is 0 Å². The van der Waals surface area contributed by atoms with Crippen LogP contribution in [0.25, 0.3) is 0 Å². The summed E-state index contributed by atoms with van der Waals surface area (Å²) in [5.41, 5.74) is -0.992. The van der Waals surface area contributed by atoms with E-state index in [9.17, 15) is 26.7 Å². The number of benzene rings is 1. The minimum Gasteiger partial charge on any atom is -0.393 e. The maximum absolute atomic E-state index is 12.7. The summed E-state index contributed by atoms with van der Waals surface area (Å²) >= 11 is 0. The Bertz CT molecular complexity index is 615. The van der Waals surface area contributed by atoms with Crippen LogP contribution in [-0.4, -0.2) is 37.0 Å². The molecule has 1 fully saturated rings. The Hall–Kier alpha value is -1.12. The summed E-state index contributed by atoms with van der Waals surface area (Å²) in [6.45, 7) is 1.91. The second kappa shape index (κ2) is 5.58. The molecule has 1 saturated heterocycles. The minimum atomic E-state index is -4.59. The molecule has 0 radical (unpaired) electrons. The van der Waals surface area contributed by atoms with Crippen molar-refractivity contribution in [2.75, 3.05) is 13.1 Å². The summed E-state index contributed by atoms with van der Waals surface area (Å²) in [5, 5.41) is 9.61. The van der Waals surface area contributed by atoms with Crippen LogP contribution < -0.4 is 0 Å². The van der Waals surface area contributed by atoms with Crippen LogP contribution in [0.5, 0.6) is 0 Å². The minimum absolute atomic E-state index is 0.0970. The predicted molar refractivity (Wildman–Crippen MR) is 70.0 cm³/mol. The lowest BCUT2D eigenvalue weighted by atomic mass is 9.99. The molecule has 4 nitrogen and oxygen atoms in total. The van der Waals surface area contributed by atoms with Crippen molar-refractivity contribution in [1.29, 1.82) is 0 Å². The van der Waals surface area contributed by atoms with Gasteiger partial charge in [-0.15, -0.1) is 0 Å². The summed E-state index contributed by atoms with van der Waals surface area (Å²) in [6, 6.07) is 3.71. The third-order valence-electron chi connectivity index (χ3n) is 3.62. The summed E-state index contributed by atoms with van der Waals surface area (Å²) in [4.78, 5) is -0.374. The number of piperidine rings is 1. The van der Waals surface area contributed by atoms with Crippen molar-refractivity contribution in [2.45, 2.75) is 30.5 Å². The van der Waals surface area contributed by atoms with Crippen molar-refractivity contribution >= 4 is 10.0 Å². The maximum atomic E-state index is 12.7. The van der Waals surface area contributed by atoms with Crippen molar-refractivity contribution in [2.24, 2.45) is 5.92 Å². The first kappa shape index (κ1) is 16.3. The van der Waals surface area contributed by atoms with Gasteiger partial charge in [0.1, 0.15) is 0 Å². The molecule has 1 aliphatic heterocycles. The van der Waals surface area contributed by atoms with Gasteiger partial charge in [0, 0.05) is 13.1 Å². The second-order valence-electron chi connectivity index (χ2n) is 5.22. The summed E-state index contributed by atoms with van der Waals surface area (Å²) in [7, 11) is -3.98. The lowest BCUT2D eigenvalue weighted by Gasteiger charge is -2.33. The quantitative estimate of drug-likeness (QED) is 0.907. The van der Waals surface area contributed by atoms with Crippen LogP contribution in [0.1, 0.15) is 18.9 Å². The van der Waals surface area contributed by atoms with Gasteiger partial charge < -0.3 is 5.11 Å². The van der Waals surface area contributed by atoms with E-state index in [1.165, 1.54) is 0 Å². The highest BCUT2D eigenvalue weighted by molar-refractivity contribution is 7.89. The SMILES string of the molecule is CC1CN(S(=O)(=O)c2cccc(C(F)(F)F)c2)CCC1O. The second-order valence-corrected chi connectivity index (χ2v) is 7.16. The van der Waals surface area contributed by atoms with Gasteiger partial charge in [-0.05, 0) is 30.5 Å². The first-order chi connectivity index (χ1) is 9.62. The zero-order valence-electron chi connectivity index (χ0n) is 11.3. The summed E-state index contributed by atoms with van der Waals surface area (Å²) < 4.78 is 63.9. The lowest BCUT2D eigenvalue weighted by molar-refractivity contribution is -0.137. The van der Waals surface area contributed by atoms with E-state index in [1.54, 1.807) is 6.92 Å². The topological polar surface area (TPSA) is 57.6 Å². The van der Waals surface area contributed by atoms with Gasteiger partial charge in [0.2, 0.25) is 10.0 Å². The van der Waals surface area contributed by atoms with Crippen LogP contribution in [0.4, 0.5) is 13.2 Å². The molecule has 1 N–H and O–H groups in total. The zero-order valence-corrected chi connectivity index (χ0v) is 12.2. The Morgan fingerprint density at radius 1 is 1.33 bits per heavy atom. The molecule has 0 bridgehead atoms. The molecule has 1 aliphatic rings. The molecule has 2 atom stereocenters. The van der Waals surface area contributed by atoms with Gasteiger partial charge in [-0.2, -0.15) is 17.5 Å². The number of nitrogens with zero attached hydrogens (tertiary/aromatic N) is 1. The number of halogens is 3. The van der Waals surface area contributed by atoms with Gasteiger partial charge >= 0.3 is 6.18 Å². The van der Waals surface area contributed by atoms with Crippen molar-refractivity contribution in [3.8, 4) is 0 Å². The third kappa shape index (κ3) is 3.38. The molecule has 21 heavy (non-hydrogen) atoms. The van der Waals surface area contributed by atoms with Crippen LogP contribution in [0.2, 0.25) is 0 Å². The first-order valence-corrected chi connectivity index (χ1v) is 7.92. The Morgan fingerprint density at radius 2 is 2.00 bits per heavy atom. The van der Waals surface area contributed by atoms with E-state index in [4.69, 9.17) is 0 Å². The number of hydrogen-bond acceptors (Lipinski definition) is 3. The van der Waals surface area contributed by atoms with Crippen LogP contribution in [0, 0.1) is 5.92 Å². The molecule has 0 spiro atoms. The Morgan fingerprint density at radius 3 is 2.57 bits per heavy atom. The van der Waals surface area contributed by atoms with Gasteiger partial charge in [0.15, 0.2) is 0 Å². The third-order valence-corrected chi connectivity index (χ3v) is 5.48. The Labute approximate surface area is 121 Å². The number of aliphatic hydroxyl groups is 1. The van der Waals surface area contributed by atoms with Crippen LogP contribution in [-0.2, 0) is 16.2 Å². The molecule has 1 aromatic rings. The predicted octanol–water partition coefficient (Wildman–Crippen LogP) is 2.10. The van der Waals surface area contributed by atoms with Gasteiger partial charge in [0.05, 0.1) is 16.6 Å². The monoisotopic (exact) mass is 323 g/mol. The number of sulfonamides is 1. The molecule has 1 heterocycles. The molecular weight excluding hydrogens is 307 g/mol. The highest BCUT2D eigenvalue weighted by atomic mass is 32.2. The fourth-order valence-corrected chi connectivity index (χ4v) is 3.90.